The van der Waals surface area contributed by atoms with E-state index < -0.39 is 23.8 Å². The molecule has 0 radical (unpaired) electrons. The first-order chi connectivity index (χ1) is 20.6. The minimum Gasteiger partial charge on any atom is -0.445 e. The van der Waals surface area contributed by atoms with Crippen molar-refractivity contribution in [2.24, 2.45) is 0 Å². The summed E-state index contributed by atoms with van der Waals surface area (Å²) in [5, 5.41) is 2.72. The molecule has 0 aliphatic carbocycles. The monoisotopic (exact) mass is 596 g/mol. The molecule has 2 unspecified atom stereocenters. The van der Waals surface area contributed by atoms with Crippen molar-refractivity contribution < 1.29 is 33.3 Å². The lowest BCUT2D eigenvalue weighted by molar-refractivity contribution is -0.169. The van der Waals surface area contributed by atoms with Crippen molar-refractivity contribution in [3.63, 3.8) is 0 Å². The number of rotatable bonds is 10. The van der Waals surface area contributed by atoms with Crippen LogP contribution in [0, 0.1) is 0 Å². The van der Waals surface area contributed by atoms with Crippen LogP contribution in [0.1, 0.15) is 64.3 Å². The van der Waals surface area contributed by atoms with E-state index in [0.29, 0.717) is 50.1 Å². The number of ether oxygens (including phenoxy) is 5. The van der Waals surface area contributed by atoms with Crippen LogP contribution in [0.3, 0.4) is 0 Å². The molecule has 1 N–H and O–H groups in total. The Hall–Kier alpha value is -3.67. The van der Waals surface area contributed by atoms with Crippen LogP contribution in [0.4, 0.5) is 26.8 Å². The van der Waals surface area contributed by atoms with E-state index >= 15 is 0 Å². The van der Waals surface area contributed by atoms with Gasteiger partial charge < -0.3 is 28.6 Å². The highest BCUT2D eigenvalue weighted by Crippen LogP contribution is 2.33. The van der Waals surface area contributed by atoms with Gasteiger partial charge in [0, 0.05) is 37.1 Å². The molecule has 1 aromatic carbocycles. The lowest BCUT2D eigenvalue weighted by Gasteiger charge is -2.34. The molecule has 2 amide bonds. The number of nitrogens with one attached hydrogen (secondary N) is 1. The van der Waals surface area contributed by atoms with Crippen molar-refractivity contribution in [1.29, 1.82) is 0 Å². The molecule has 2 aromatic rings. The molecule has 2 aliphatic rings. The zero-order valence-corrected chi connectivity index (χ0v) is 25.7. The van der Waals surface area contributed by atoms with Crippen LogP contribution in [-0.4, -0.2) is 68.6 Å². The lowest BCUT2D eigenvalue weighted by Crippen LogP contribution is -2.40. The summed E-state index contributed by atoms with van der Waals surface area (Å²) in [7, 11) is 0. The maximum atomic E-state index is 13.8. The van der Waals surface area contributed by atoms with Gasteiger partial charge in [-0.3, -0.25) is 10.2 Å². The largest absolute Gasteiger partial charge is 0.445 e. The molecule has 2 fully saturated rings. The maximum absolute atomic E-state index is 13.8. The molecule has 3 heterocycles. The number of nitrogens with zero attached hydrogens (tertiary/aromatic N) is 3. The zero-order chi connectivity index (χ0) is 30.8. The quantitative estimate of drug-likeness (QED) is 0.321. The summed E-state index contributed by atoms with van der Waals surface area (Å²) in [5.41, 5.74) is 2.14. The molecule has 234 valence electrons. The minimum absolute atomic E-state index is 0.0957. The van der Waals surface area contributed by atoms with E-state index in [0.717, 1.165) is 30.5 Å². The van der Waals surface area contributed by atoms with Gasteiger partial charge >= 0.3 is 12.2 Å². The second-order valence-electron chi connectivity index (χ2n) is 11.5. The fraction of sp³-hybridized carbons (Fsp3) is 0.531. The smallest absolute Gasteiger partial charge is 0.416 e. The molecule has 2 aliphatic heterocycles. The highest BCUT2D eigenvalue weighted by molar-refractivity contribution is 5.89. The molecule has 0 saturated carbocycles. The van der Waals surface area contributed by atoms with Gasteiger partial charge in [0.15, 0.2) is 6.29 Å². The summed E-state index contributed by atoms with van der Waals surface area (Å²) in [6.45, 7) is 14.6. The number of carbonyl (C=O) groups is 2. The van der Waals surface area contributed by atoms with Crippen molar-refractivity contribution in [1.82, 2.24) is 4.98 Å². The molecular weight excluding hydrogens is 552 g/mol. The summed E-state index contributed by atoms with van der Waals surface area (Å²) in [6.07, 6.45) is 3.00. The number of carbonyl (C=O) groups excluding carboxylic acids is 2. The van der Waals surface area contributed by atoms with E-state index in [9.17, 15) is 9.59 Å². The summed E-state index contributed by atoms with van der Waals surface area (Å²) >= 11 is 0. The van der Waals surface area contributed by atoms with Crippen LogP contribution in [0.2, 0.25) is 0 Å². The normalized spacial score (nSPS) is 18.0. The highest BCUT2D eigenvalue weighted by Gasteiger charge is 2.31. The molecule has 2 atom stereocenters. The Morgan fingerprint density at radius 3 is 2.67 bits per heavy atom. The van der Waals surface area contributed by atoms with Gasteiger partial charge in [0.05, 0.1) is 31.6 Å². The molecule has 0 bridgehead atoms. The van der Waals surface area contributed by atoms with Crippen LogP contribution in [0.25, 0.3) is 0 Å². The Labute approximate surface area is 254 Å². The molecule has 0 spiro atoms. The van der Waals surface area contributed by atoms with Gasteiger partial charge in [0.25, 0.3) is 0 Å². The molecule has 43 heavy (non-hydrogen) atoms. The van der Waals surface area contributed by atoms with E-state index in [1.807, 2.05) is 52.0 Å². The summed E-state index contributed by atoms with van der Waals surface area (Å²) in [4.78, 5) is 34.7. The second kappa shape index (κ2) is 15.2. The summed E-state index contributed by atoms with van der Waals surface area (Å²) in [6, 6.07) is 10.6. The summed E-state index contributed by atoms with van der Waals surface area (Å²) < 4.78 is 28.4. The van der Waals surface area contributed by atoms with Crippen molar-refractivity contribution in [2.45, 2.75) is 71.5 Å². The Morgan fingerprint density at radius 2 is 1.98 bits per heavy atom. The number of aromatic nitrogens is 1. The molecule has 2 saturated heterocycles. The van der Waals surface area contributed by atoms with Gasteiger partial charge in [-0.2, -0.15) is 0 Å². The van der Waals surface area contributed by atoms with Crippen molar-refractivity contribution in [2.75, 3.05) is 54.6 Å². The van der Waals surface area contributed by atoms with E-state index in [1.54, 1.807) is 17.0 Å². The lowest BCUT2D eigenvalue weighted by atomic mass is 10.1. The number of anilines is 3. The molecule has 1 aromatic heterocycles. The highest BCUT2D eigenvalue weighted by atomic mass is 16.7. The van der Waals surface area contributed by atoms with Crippen LogP contribution in [-0.2, 0) is 30.3 Å². The fourth-order valence-corrected chi connectivity index (χ4v) is 4.85. The summed E-state index contributed by atoms with van der Waals surface area (Å²) in [5.74, 6) is 0.428. The average molecular weight is 597 g/mol. The zero-order valence-electron chi connectivity index (χ0n) is 25.7. The first kappa shape index (κ1) is 32.2. The molecule has 4 rings (SSSR count). The predicted octanol–water partition coefficient (Wildman–Crippen LogP) is 6.20. The van der Waals surface area contributed by atoms with Gasteiger partial charge in [-0.05, 0) is 70.7 Å². The third-order valence-electron chi connectivity index (χ3n) is 6.95. The SMILES string of the molecule is C=CCOC(=O)Nc1cccc(C(C)N(C(=O)OC(C)(C)C)c2cc(N3CCOCC3)cc(COC3CCCCO3)n2)c1. The van der Waals surface area contributed by atoms with Crippen molar-refractivity contribution in [3.8, 4) is 0 Å². The van der Waals surface area contributed by atoms with Crippen molar-refractivity contribution in [3.05, 3.63) is 60.3 Å². The van der Waals surface area contributed by atoms with E-state index in [1.165, 1.54) is 6.08 Å². The van der Waals surface area contributed by atoms with Crippen LogP contribution in [0.5, 0.6) is 0 Å². The maximum Gasteiger partial charge on any atom is 0.416 e. The van der Waals surface area contributed by atoms with Gasteiger partial charge in [-0.1, -0.05) is 24.8 Å². The number of benzene rings is 1. The van der Waals surface area contributed by atoms with Gasteiger partial charge in [-0.25, -0.2) is 14.6 Å². The third kappa shape index (κ3) is 9.67. The number of hydrogen-bond donors (Lipinski definition) is 1. The van der Waals surface area contributed by atoms with Crippen LogP contribution < -0.4 is 15.1 Å². The number of hydrogen-bond acceptors (Lipinski definition) is 9. The molecule has 11 nitrogen and oxygen atoms in total. The Balaban J connectivity index is 1.69. The first-order valence-corrected chi connectivity index (χ1v) is 14.9. The Morgan fingerprint density at radius 1 is 1.19 bits per heavy atom. The van der Waals surface area contributed by atoms with Gasteiger partial charge in [0.2, 0.25) is 0 Å². The van der Waals surface area contributed by atoms with Crippen LogP contribution in [0.15, 0.2) is 49.1 Å². The topological polar surface area (TPSA) is 112 Å². The fourth-order valence-electron chi connectivity index (χ4n) is 4.85. The van der Waals surface area contributed by atoms with Gasteiger partial charge in [-0.15, -0.1) is 0 Å². The van der Waals surface area contributed by atoms with E-state index in [-0.39, 0.29) is 19.5 Å². The van der Waals surface area contributed by atoms with E-state index in [2.05, 4.69) is 16.8 Å². The third-order valence-corrected chi connectivity index (χ3v) is 6.95. The first-order valence-electron chi connectivity index (χ1n) is 14.9. The number of morpholine rings is 1. The Kier molecular flexibility index (Phi) is 11.4. The van der Waals surface area contributed by atoms with Gasteiger partial charge in [0.1, 0.15) is 18.0 Å². The number of pyridine rings is 1. The second-order valence-corrected chi connectivity index (χ2v) is 11.5. The Bertz CT molecular complexity index is 1240. The number of amides is 2. The average Bonchev–Trinajstić information content (AvgIpc) is 2.99. The predicted molar refractivity (Wildman–Crippen MR) is 164 cm³/mol. The molecule has 11 heteroatoms. The minimum atomic E-state index is -0.737. The van der Waals surface area contributed by atoms with Crippen LogP contribution >= 0.6 is 0 Å². The standard InChI is InChI=1S/C32H44N4O7/c1-6-15-41-30(37)34-25-11-9-10-24(19-25)23(2)36(31(38)43-32(3,4)5)28-21-27(35-13-17-39-18-14-35)20-26(33-28)22-42-29-12-7-8-16-40-29/h6,9-11,19-21,23,29H,1,7-8,12-18,22H2,2-5H3,(H,34,37). The van der Waals surface area contributed by atoms with E-state index in [4.69, 9.17) is 28.7 Å². The van der Waals surface area contributed by atoms with Crippen molar-refractivity contribution >= 4 is 29.4 Å². The molecular formula is C32H44N4O7.